The van der Waals surface area contributed by atoms with E-state index in [4.69, 9.17) is 0 Å². The van der Waals surface area contributed by atoms with Crippen LogP contribution < -0.4 is 10.6 Å². The maximum Gasteiger partial charge on any atom is 0.322 e. The predicted molar refractivity (Wildman–Crippen MR) is 84.8 cm³/mol. The molecule has 0 aliphatic carbocycles. The maximum absolute atomic E-state index is 13.0. The van der Waals surface area contributed by atoms with E-state index in [0.29, 0.717) is 13.0 Å². The number of hydrogen-bond acceptors (Lipinski definition) is 3. The van der Waals surface area contributed by atoms with Gasteiger partial charge in [-0.2, -0.15) is 0 Å². The van der Waals surface area contributed by atoms with Crippen molar-refractivity contribution in [1.29, 1.82) is 0 Å². The lowest BCUT2D eigenvalue weighted by molar-refractivity contribution is -0.135. The minimum atomic E-state index is -0.964. The van der Waals surface area contributed by atoms with Gasteiger partial charge in [0.1, 0.15) is 5.54 Å². The first kappa shape index (κ1) is 15.5. The van der Waals surface area contributed by atoms with Crippen molar-refractivity contribution in [3.63, 3.8) is 0 Å². The first-order valence-corrected chi connectivity index (χ1v) is 7.75. The summed E-state index contributed by atoms with van der Waals surface area (Å²) < 4.78 is 0. The molecule has 1 aromatic carbocycles. The van der Waals surface area contributed by atoms with Crippen molar-refractivity contribution in [3.05, 3.63) is 35.4 Å². The van der Waals surface area contributed by atoms with Crippen LogP contribution >= 0.6 is 0 Å². The number of aryl methyl sites for hydroxylation is 1. The van der Waals surface area contributed by atoms with Crippen molar-refractivity contribution in [2.45, 2.75) is 38.1 Å². The minimum absolute atomic E-state index is 0.0300. The molecule has 23 heavy (non-hydrogen) atoms. The number of carbonyl (C=O) groups is 3. The zero-order valence-electron chi connectivity index (χ0n) is 13.6. The van der Waals surface area contributed by atoms with Gasteiger partial charge in [0.2, 0.25) is 5.91 Å². The number of carbonyl (C=O) groups excluding carboxylic acids is 3. The summed E-state index contributed by atoms with van der Waals surface area (Å²) in [5, 5.41) is 4.93. The Morgan fingerprint density at radius 1 is 1.26 bits per heavy atom. The van der Waals surface area contributed by atoms with Gasteiger partial charge in [0, 0.05) is 6.54 Å². The Balaban J connectivity index is 1.83. The summed E-state index contributed by atoms with van der Waals surface area (Å²) in [4.78, 5) is 38.1. The Morgan fingerprint density at radius 2 is 1.96 bits per heavy atom. The molecular weight excluding hydrogens is 294 g/mol. The van der Waals surface area contributed by atoms with Crippen LogP contribution in [-0.4, -0.2) is 41.4 Å². The third kappa shape index (κ3) is 2.38. The van der Waals surface area contributed by atoms with E-state index in [1.54, 1.807) is 4.90 Å². The molecule has 2 fully saturated rings. The Hall–Kier alpha value is -2.37. The second-order valence-corrected chi connectivity index (χ2v) is 6.91. The smallest absolute Gasteiger partial charge is 0.322 e. The minimum Gasteiger partial charge on any atom is -0.339 e. The number of benzene rings is 1. The number of rotatable bonds is 2. The predicted octanol–water partition coefficient (Wildman–Crippen LogP) is 1.08. The molecule has 0 saturated carbocycles. The molecule has 2 aliphatic rings. The lowest BCUT2D eigenvalue weighted by Crippen LogP contribution is -2.51. The molecule has 1 aromatic rings. The van der Waals surface area contributed by atoms with Crippen LogP contribution in [0.3, 0.4) is 0 Å². The van der Waals surface area contributed by atoms with Gasteiger partial charge in [-0.3, -0.25) is 14.9 Å². The summed E-state index contributed by atoms with van der Waals surface area (Å²) in [6.45, 7) is 6.47. The van der Waals surface area contributed by atoms with Crippen LogP contribution in [0, 0.1) is 6.92 Å². The Kier molecular flexibility index (Phi) is 3.43. The molecule has 122 valence electrons. The van der Waals surface area contributed by atoms with Crippen LogP contribution in [0.1, 0.15) is 31.4 Å². The summed E-state index contributed by atoms with van der Waals surface area (Å²) in [5.41, 5.74) is 0.391. The van der Waals surface area contributed by atoms with Gasteiger partial charge < -0.3 is 10.2 Å². The number of amides is 4. The monoisotopic (exact) mass is 315 g/mol. The number of nitrogens with zero attached hydrogens (tertiary/aromatic N) is 1. The summed E-state index contributed by atoms with van der Waals surface area (Å²) in [6, 6.07) is 7.34. The summed E-state index contributed by atoms with van der Waals surface area (Å²) >= 11 is 0. The quantitative estimate of drug-likeness (QED) is 0.802. The Bertz CT molecular complexity index is 698. The van der Waals surface area contributed by atoms with Gasteiger partial charge in [-0.25, -0.2) is 4.79 Å². The van der Waals surface area contributed by atoms with Crippen LogP contribution in [0.4, 0.5) is 4.79 Å². The van der Waals surface area contributed by atoms with Crippen molar-refractivity contribution >= 4 is 17.8 Å². The number of urea groups is 1. The molecule has 3 rings (SSSR count). The van der Waals surface area contributed by atoms with Gasteiger partial charge >= 0.3 is 6.03 Å². The van der Waals surface area contributed by atoms with Crippen molar-refractivity contribution < 1.29 is 14.4 Å². The zero-order valence-corrected chi connectivity index (χ0v) is 13.6. The molecule has 0 bridgehead atoms. The largest absolute Gasteiger partial charge is 0.339 e. The highest BCUT2D eigenvalue weighted by molar-refractivity contribution is 6.07. The highest BCUT2D eigenvalue weighted by atomic mass is 16.2. The average molecular weight is 315 g/mol. The van der Waals surface area contributed by atoms with Gasteiger partial charge in [-0.05, 0) is 38.3 Å². The standard InChI is InChI=1S/C17H21N3O3/c1-11-6-4-5-7-12(11)16(2,3)14(22)20-9-8-17(10-20)13(21)18-15(23)19-17/h4-7H,8-10H2,1-3H3,(H2,18,19,21,23). The molecule has 4 amide bonds. The lowest BCUT2D eigenvalue weighted by atomic mass is 9.81. The molecule has 0 radical (unpaired) electrons. The van der Waals surface area contributed by atoms with Gasteiger partial charge in [-0.15, -0.1) is 0 Å². The van der Waals surface area contributed by atoms with Crippen molar-refractivity contribution in [3.8, 4) is 0 Å². The van der Waals surface area contributed by atoms with E-state index in [0.717, 1.165) is 11.1 Å². The summed E-state index contributed by atoms with van der Waals surface area (Å²) in [6.07, 6.45) is 0.445. The Labute approximate surface area is 135 Å². The molecule has 6 heteroatoms. The fraction of sp³-hybridized carbons (Fsp3) is 0.471. The molecule has 1 spiro atoms. The molecule has 2 N–H and O–H groups in total. The summed E-state index contributed by atoms with van der Waals surface area (Å²) in [7, 11) is 0. The van der Waals surface area contributed by atoms with Gasteiger partial charge in [-0.1, -0.05) is 24.3 Å². The van der Waals surface area contributed by atoms with E-state index >= 15 is 0 Å². The molecule has 2 aliphatic heterocycles. The fourth-order valence-corrected chi connectivity index (χ4v) is 3.58. The van der Waals surface area contributed by atoms with Crippen LogP contribution in [-0.2, 0) is 15.0 Å². The van der Waals surface area contributed by atoms with Crippen LogP contribution in [0.5, 0.6) is 0 Å². The number of imide groups is 1. The second kappa shape index (κ2) is 5.08. The SMILES string of the molecule is Cc1ccccc1C(C)(C)C(=O)N1CCC2(C1)NC(=O)NC2=O. The highest BCUT2D eigenvalue weighted by Gasteiger charge is 2.53. The average Bonchev–Trinajstić information content (AvgIpc) is 3.03. The van der Waals surface area contributed by atoms with Crippen LogP contribution in [0.25, 0.3) is 0 Å². The third-order valence-corrected chi connectivity index (χ3v) is 4.92. The second-order valence-electron chi connectivity index (χ2n) is 6.91. The molecule has 1 atom stereocenters. The number of hydrogen-bond donors (Lipinski definition) is 2. The van der Waals surface area contributed by atoms with E-state index in [-0.39, 0.29) is 18.4 Å². The first-order chi connectivity index (χ1) is 10.8. The maximum atomic E-state index is 13.0. The number of nitrogens with one attached hydrogen (secondary N) is 2. The van der Waals surface area contributed by atoms with E-state index in [1.165, 1.54) is 0 Å². The van der Waals surface area contributed by atoms with Gasteiger partial charge in [0.05, 0.1) is 12.0 Å². The first-order valence-electron chi connectivity index (χ1n) is 7.75. The molecule has 1 unspecified atom stereocenters. The molecule has 6 nitrogen and oxygen atoms in total. The molecule has 2 saturated heterocycles. The van der Waals surface area contributed by atoms with Gasteiger partial charge in [0.25, 0.3) is 5.91 Å². The molecule has 2 heterocycles. The van der Waals surface area contributed by atoms with Crippen molar-refractivity contribution in [2.24, 2.45) is 0 Å². The van der Waals surface area contributed by atoms with Crippen LogP contribution in [0.2, 0.25) is 0 Å². The normalized spacial score (nSPS) is 24.0. The Morgan fingerprint density at radius 3 is 2.57 bits per heavy atom. The van der Waals surface area contributed by atoms with E-state index in [9.17, 15) is 14.4 Å². The van der Waals surface area contributed by atoms with E-state index in [2.05, 4.69) is 10.6 Å². The van der Waals surface area contributed by atoms with E-state index < -0.39 is 17.0 Å². The molecular formula is C17H21N3O3. The topological polar surface area (TPSA) is 78.5 Å². The lowest BCUT2D eigenvalue weighted by Gasteiger charge is -2.31. The van der Waals surface area contributed by atoms with Gasteiger partial charge in [0.15, 0.2) is 0 Å². The highest BCUT2D eigenvalue weighted by Crippen LogP contribution is 2.32. The summed E-state index contributed by atoms with van der Waals surface area (Å²) in [5.74, 6) is -0.371. The fourth-order valence-electron chi connectivity index (χ4n) is 3.58. The number of likely N-dealkylation sites (tertiary alicyclic amines) is 1. The van der Waals surface area contributed by atoms with Crippen LogP contribution in [0.15, 0.2) is 24.3 Å². The third-order valence-electron chi connectivity index (χ3n) is 4.92. The zero-order chi connectivity index (χ0) is 16.8. The van der Waals surface area contributed by atoms with E-state index in [1.807, 2.05) is 45.0 Å². The van der Waals surface area contributed by atoms with Crippen molar-refractivity contribution in [1.82, 2.24) is 15.5 Å². The van der Waals surface area contributed by atoms with Crippen molar-refractivity contribution in [2.75, 3.05) is 13.1 Å². The molecule has 0 aromatic heterocycles.